The van der Waals surface area contributed by atoms with Crippen molar-refractivity contribution in [2.24, 2.45) is 0 Å². The van der Waals surface area contributed by atoms with E-state index in [4.69, 9.17) is 0 Å². The van der Waals surface area contributed by atoms with Gasteiger partial charge in [-0.25, -0.2) is 8.42 Å². The number of sulfonamides is 1. The number of nitrogens with zero attached hydrogens (tertiary/aromatic N) is 3. The second-order valence-corrected chi connectivity index (χ2v) is 7.86. The van der Waals surface area contributed by atoms with Gasteiger partial charge in [0.15, 0.2) is 5.65 Å². The number of aromatic nitrogens is 3. The first-order valence-corrected chi connectivity index (χ1v) is 9.46. The number of anilines is 1. The number of nitrogens with one attached hydrogen (secondary N) is 1. The molecule has 0 amide bonds. The van der Waals surface area contributed by atoms with E-state index in [9.17, 15) is 8.42 Å². The van der Waals surface area contributed by atoms with Crippen LogP contribution in [-0.2, 0) is 22.9 Å². The molecule has 0 saturated carbocycles. The van der Waals surface area contributed by atoms with Crippen LogP contribution < -0.4 is 4.72 Å². The van der Waals surface area contributed by atoms with Crippen LogP contribution in [0, 0.1) is 6.92 Å². The molecule has 2 heterocycles. The summed E-state index contributed by atoms with van der Waals surface area (Å²) in [6, 6.07) is 7.26. The van der Waals surface area contributed by atoms with Gasteiger partial charge in [0.05, 0.1) is 10.6 Å². The molecule has 0 unspecified atom stereocenters. The second-order valence-electron chi connectivity index (χ2n) is 6.18. The average Bonchev–Trinajstić information content (AvgIpc) is 3.06. The first kappa shape index (κ1) is 15.1. The van der Waals surface area contributed by atoms with Crippen LogP contribution in [0.5, 0.6) is 0 Å². The summed E-state index contributed by atoms with van der Waals surface area (Å²) >= 11 is 0. The maximum atomic E-state index is 12.8. The fourth-order valence-corrected chi connectivity index (χ4v) is 4.36. The molecule has 124 valence electrons. The summed E-state index contributed by atoms with van der Waals surface area (Å²) in [6.07, 6.45) is 7.61. The Morgan fingerprint density at radius 1 is 1.12 bits per heavy atom. The molecule has 0 fully saturated rings. The summed E-state index contributed by atoms with van der Waals surface area (Å²) in [4.78, 5) is 0.295. The van der Waals surface area contributed by atoms with E-state index in [2.05, 4.69) is 14.9 Å². The topological polar surface area (TPSA) is 76.4 Å². The van der Waals surface area contributed by atoms with Crippen molar-refractivity contribution in [1.29, 1.82) is 0 Å². The predicted molar refractivity (Wildman–Crippen MR) is 91.6 cm³/mol. The van der Waals surface area contributed by atoms with Crippen LogP contribution in [0.1, 0.15) is 29.5 Å². The average molecular weight is 342 g/mol. The van der Waals surface area contributed by atoms with Gasteiger partial charge in [0.1, 0.15) is 6.33 Å². The second kappa shape index (κ2) is 5.59. The molecule has 0 aliphatic heterocycles. The Bertz CT molecular complexity index is 1020. The van der Waals surface area contributed by atoms with Gasteiger partial charge in [0.25, 0.3) is 10.0 Å². The van der Waals surface area contributed by atoms with Crippen molar-refractivity contribution in [3.8, 4) is 0 Å². The third kappa shape index (κ3) is 2.54. The minimum absolute atomic E-state index is 0.295. The summed E-state index contributed by atoms with van der Waals surface area (Å²) in [5.41, 5.74) is 4.17. The van der Waals surface area contributed by atoms with E-state index in [1.165, 1.54) is 12.0 Å². The van der Waals surface area contributed by atoms with Gasteiger partial charge < -0.3 is 0 Å². The summed E-state index contributed by atoms with van der Waals surface area (Å²) in [6.45, 7) is 1.85. The smallest absolute Gasteiger partial charge is 0.262 e. The molecule has 24 heavy (non-hydrogen) atoms. The lowest BCUT2D eigenvalue weighted by Gasteiger charge is -2.17. The van der Waals surface area contributed by atoms with Crippen LogP contribution in [0.15, 0.2) is 41.7 Å². The first-order valence-electron chi connectivity index (χ1n) is 7.98. The molecule has 0 saturated heterocycles. The molecule has 1 aliphatic carbocycles. The van der Waals surface area contributed by atoms with Crippen molar-refractivity contribution in [3.05, 3.63) is 53.5 Å². The minimum atomic E-state index is -3.67. The Labute approximate surface area is 140 Å². The molecule has 1 aliphatic rings. The Morgan fingerprint density at radius 2 is 1.92 bits per heavy atom. The van der Waals surface area contributed by atoms with Crippen molar-refractivity contribution < 1.29 is 8.42 Å². The molecule has 3 aromatic rings. The minimum Gasteiger partial charge on any atom is -0.287 e. The number of pyridine rings is 1. The SMILES string of the molecule is Cc1ccn2cnnc2c1NS(=O)(=O)c1ccc2c(c1)CCCC2. The lowest BCUT2D eigenvalue weighted by Crippen LogP contribution is -2.16. The van der Waals surface area contributed by atoms with Gasteiger partial charge in [-0.1, -0.05) is 6.07 Å². The Morgan fingerprint density at radius 3 is 2.75 bits per heavy atom. The maximum absolute atomic E-state index is 12.8. The highest BCUT2D eigenvalue weighted by molar-refractivity contribution is 7.92. The molecule has 1 N–H and O–H groups in total. The monoisotopic (exact) mass is 342 g/mol. The van der Waals surface area contributed by atoms with E-state index in [-0.39, 0.29) is 0 Å². The molecular weight excluding hydrogens is 324 g/mol. The van der Waals surface area contributed by atoms with E-state index in [0.29, 0.717) is 16.2 Å². The summed E-state index contributed by atoms with van der Waals surface area (Å²) in [7, 11) is -3.67. The first-order chi connectivity index (χ1) is 11.5. The number of hydrogen-bond acceptors (Lipinski definition) is 4. The quantitative estimate of drug-likeness (QED) is 0.794. The molecule has 4 rings (SSSR count). The standard InChI is InChI=1S/C17H18N4O2S/c1-12-8-9-21-11-18-19-17(21)16(12)20-24(22,23)15-7-6-13-4-2-3-5-14(13)10-15/h6-11,20H,2-5H2,1H3. The normalized spacial score (nSPS) is 14.5. The molecular formula is C17H18N4O2S. The van der Waals surface area contributed by atoms with Gasteiger partial charge in [-0.15, -0.1) is 10.2 Å². The fraction of sp³-hybridized carbons (Fsp3) is 0.294. The lowest BCUT2D eigenvalue weighted by atomic mass is 9.92. The van der Waals surface area contributed by atoms with Crippen molar-refractivity contribution in [3.63, 3.8) is 0 Å². The maximum Gasteiger partial charge on any atom is 0.262 e. The van der Waals surface area contributed by atoms with Crippen molar-refractivity contribution in [2.45, 2.75) is 37.5 Å². The van der Waals surface area contributed by atoms with Crippen LogP contribution in [0.2, 0.25) is 0 Å². The van der Waals surface area contributed by atoms with Gasteiger partial charge >= 0.3 is 0 Å². The zero-order valence-electron chi connectivity index (χ0n) is 13.4. The van der Waals surface area contributed by atoms with Crippen molar-refractivity contribution in [2.75, 3.05) is 4.72 Å². The number of aryl methyl sites for hydroxylation is 3. The highest BCUT2D eigenvalue weighted by Crippen LogP contribution is 2.27. The molecule has 0 atom stereocenters. The van der Waals surface area contributed by atoms with Gasteiger partial charge in [-0.05, 0) is 67.5 Å². The van der Waals surface area contributed by atoms with E-state index >= 15 is 0 Å². The van der Waals surface area contributed by atoms with Gasteiger partial charge in [-0.3, -0.25) is 9.12 Å². The summed E-state index contributed by atoms with van der Waals surface area (Å²) < 4.78 is 30.1. The number of hydrogen-bond donors (Lipinski definition) is 1. The summed E-state index contributed by atoms with van der Waals surface area (Å²) in [5, 5.41) is 7.86. The van der Waals surface area contributed by atoms with Crippen molar-refractivity contribution >= 4 is 21.4 Å². The number of fused-ring (bicyclic) bond motifs is 2. The molecule has 0 radical (unpaired) electrons. The molecule has 7 heteroatoms. The number of benzene rings is 1. The van der Waals surface area contributed by atoms with Crippen molar-refractivity contribution in [1.82, 2.24) is 14.6 Å². The molecule has 0 spiro atoms. The highest BCUT2D eigenvalue weighted by Gasteiger charge is 2.20. The van der Waals surface area contributed by atoms with E-state index in [0.717, 1.165) is 30.4 Å². The Hall–Kier alpha value is -2.41. The zero-order valence-corrected chi connectivity index (χ0v) is 14.2. The number of rotatable bonds is 3. The van der Waals surface area contributed by atoms with Gasteiger partial charge in [-0.2, -0.15) is 0 Å². The van der Waals surface area contributed by atoms with Gasteiger partial charge in [0.2, 0.25) is 0 Å². The van der Waals surface area contributed by atoms with Crippen LogP contribution in [0.25, 0.3) is 5.65 Å². The molecule has 1 aromatic carbocycles. The predicted octanol–water partition coefficient (Wildman–Crippen LogP) is 2.72. The molecule has 6 nitrogen and oxygen atoms in total. The van der Waals surface area contributed by atoms with E-state index < -0.39 is 10.0 Å². The van der Waals surface area contributed by atoms with E-state index in [1.54, 1.807) is 29.1 Å². The molecule has 2 aromatic heterocycles. The zero-order chi connectivity index (χ0) is 16.7. The van der Waals surface area contributed by atoms with Crippen LogP contribution in [0.4, 0.5) is 5.69 Å². The largest absolute Gasteiger partial charge is 0.287 e. The van der Waals surface area contributed by atoms with Crippen LogP contribution in [0.3, 0.4) is 0 Å². The van der Waals surface area contributed by atoms with Crippen LogP contribution >= 0.6 is 0 Å². The molecule has 0 bridgehead atoms. The highest BCUT2D eigenvalue weighted by atomic mass is 32.2. The Kier molecular flexibility index (Phi) is 3.53. The lowest BCUT2D eigenvalue weighted by molar-refractivity contribution is 0.600. The third-order valence-electron chi connectivity index (χ3n) is 4.54. The fourth-order valence-electron chi connectivity index (χ4n) is 3.18. The van der Waals surface area contributed by atoms with E-state index in [1.807, 2.05) is 19.1 Å². The third-order valence-corrected chi connectivity index (χ3v) is 5.89. The van der Waals surface area contributed by atoms with Crippen LogP contribution in [-0.4, -0.2) is 23.0 Å². The van der Waals surface area contributed by atoms with Gasteiger partial charge in [0, 0.05) is 6.20 Å². The Balaban J connectivity index is 1.75. The summed E-state index contributed by atoms with van der Waals surface area (Å²) in [5.74, 6) is 0.